The van der Waals surface area contributed by atoms with Gasteiger partial charge in [0.1, 0.15) is 0 Å². The molecular formula is C30H31NO4. The molecule has 0 bridgehead atoms. The molecule has 1 amide bonds. The molecule has 0 aromatic heterocycles. The van der Waals surface area contributed by atoms with Crippen LogP contribution in [0.4, 0.5) is 0 Å². The summed E-state index contributed by atoms with van der Waals surface area (Å²) in [6.07, 6.45) is 4.68. The zero-order valence-corrected chi connectivity index (χ0v) is 19.9. The van der Waals surface area contributed by atoms with Crippen molar-refractivity contribution < 1.29 is 19.5 Å². The quantitative estimate of drug-likeness (QED) is 0.302. The first-order valence-corrected chi connectivity index (χ1v) is 12.3. The van der Waals surface area contributed by atoms with Crippen LogP contribution in [-0.2, 0) is 29.1 Å². The first-order chi connectivity index (χ1) is 17.0. The summed E-state index contributed by atoms with van der Waals surface area (Å²) in [6.45, 7) is 1.14. The number of benzene rings is 3. The van der Waals surface area contributed by atoms with Crippen LogP contribution in [0.3, 0.4) is 0 Å². The third kappa shape index (κ3) is 6.24. The molecule has 0 heterocycles. The Bertz CT molecular complexity index is 1130. The van der Waals surface area contributed by atoms with E-state index in [1.807, 2.05) is 71.6 Å². The molecule has 180 valence electrons. The lowest BCUT2D eigenvalue weighted by Crippen LogP contribution is -2.30. The molecule has 5 heteroatoms. The van der Waals surface area contributed by atoms with E-state index in [1.54, 1.807) is 12.1 Å². The Morgan fingerprint density at radius 1 is 0.829 bits per heavy atom. The number of carboxylic acid groups (broad SMARTS) is 1. The number of carboxylic acids is 1. The van der Waals surface area contributed by atoms with Crippen LogP contribution < -0.4 is 0 Å². The second kappa shape index (κ2) is 11.6. The SMILES string of the molecule is O=C(O)C(=O)c1cccc2c1CCCC2CCCC(=O)N(Cc1ccccc1)Cc1ccccc1. The lowest BCUT2D eigenvalue weighted by atomic mass is 9.78. The van der Waals surface area contributed by atoms with E-state index >= 15 is 0 Å². The van der Waals surface area contributed by atoms with E-state index in [0.717, 1.165) is 54.4 Å². The Morgan fingerprint density at radius 3 is 2.06 bits per heavy atom. The number of carbonyl (C=O) groups excluding carboxylic acids is 2. The van der Waals surface area contributed by atoms with Crippen molar-refractivity contribution in [2.75, 3.05) is 0 Å². The summed E-state index contributed by atoms with van der Waals surface area (Å²) in [7, 11) is 0. The fraction of sp³-hybridized carbons (Fsp3) is 0.300. The summed E-state index contributed by atoms with van der Waals surface area (Å²) in [5, 5.41) is 9.18. The minimum absolute atomic E-state index is 0.128. The molecule has 1 aliphatic rings. The van der Waals surface area contributed by atoms with Crippen molar-refractivity contribution in [2.45, 2.75) is 57.5 Å². The summed E-state index contributed by atoms with van der Waals surface area (Å²) >= 11 is 0. The van der Waals surface area contributed by atoms with Gasteiger partial charge in [-0.15, -0.1) is 0 Å². The fourth-order valence-corrected chi connectivity index (χ4v) is 5.07. The lowest BCUT2D eigenvalue weighted by molar-refractivity contribution is -0.133. The smallest absolute Gasteiger partial charge is 0.377 e. The van der Waals surface area contributed by atoms with E-state index in [4.69, 9.17) is 0 Å². The molecule has 4 rings (SSSR count). The van der Waals surface area contributed by atoms with Crippen LogP contribution in [0.1, 0.15) is 70.6 Å². The molecule has 35 heavy (non-hydrogen) atoms. The van der Waals surface area contributed by atoms with Crippen molar-refractivity contribution in [1.29, 1.82) is 0 Å². The molecule has 5 nitrogen and oxygen atoms in total. The van der Waals surface area contributed by atoms with Crippen molar-refractivity contribution in [1.82, 2.24) is 4.90 Å². The Balaban J connectivity index is 1.42. The highest BCUT2D eigenvalue weighted by Crippen LogP contribution is 2.37. The van der Waals surface area contributed by atoms with Gasteiger partial charge in [-0.1, -0.05) is 78.9 Å². The zero-order valence-electron chi connectivity index (χ0n) is 19.9. The average molecular weight is 470 g/mol. The molecule has 0 saturated heterocycles. The topological polar surface area (TPSA) is 74.7 Å². The highest BCUT2D eigenvalue weighted by molar-refractivity contribution is 6.40. The Morgan fingerprint density at radius 2 is 1.46 bits per heavy atom. The second-order valence-electron chi connectivity index (χ2n) is 9.21. The van der Waals surface area contributed by atoms with Gasteiger partial charge in [0, 0.05) is 25.1 Å². The molecule has 1 N–H and O–H groups in total. The van der Waals surface area contributed by atoms with E-state index in [1.165, 1.54) is 0 Å². The number of fused-ring (bicyclic) bond motifs is 1. The van der Waals surface area contributed by atoms with E-state index in [9.17, 15) is 19.5 Å². The highest BCUT2D eigenvalue weighted by atomic mass is 16.4. The van der Waals surface area contributed by atoms with Crippen LogP contribution in [-0.4, -0.2) is 27.7 Å². The molecule has 1 aliphatic carbocycles. The number of nitrogens with zero attached hydrogens (tertiary/aromatic N) is 1. The largest absolute Gasteiger partial charge is 0.475 e. The summed E-state index contributed by atoms with van der Waals surface area (Å²) < 4.78 is 0. The number of aliphatic carboxylic acids is 1. The fourth-order valence-electron chi connectivity index (χ4n) is 5.07. The highest BCUT2D eigenvalue weighted by Gasteiger charge is 2.27. The second-order valence-corrected chi connectivity index (χ2v) is 9.21. The Hall–Kier alpha value is -3.73. The van der Waals surface area contributed by atoms with Crippen molar-refractivity contribution in [3.05, 3.63) is 107 Å². The van der Waals surface area contributed by atoms with E-state index < -0.39 is 11.8 Å². The monoisotopic (exact) mass is 469 g/mol. The molecule has 0 aliphatic heterocycles. The standard InChI is InChI=1S/C30H31NO4/c32-28(31(20-22-10-3-1-4-11-22)21-23-12-5-2-6-13-23)19-8-15-24-14-7-17-26-25(24)16-9-18-27(26)29(33)30(34)35/h1-6,9-13,16,18,24H,7-8,14-15,17,19-21H2,(H,34,35). The van der Waals surface area contributed by atoms with Gasteiger partial charge in [-0.2, -0.15) is 0 Å². The average Bonchev–Trinajstić information content (AvgIpc) is 2.88. The maximum atomic E-state index is 13.3. The zero-order chi connectivity index (χ0) is 24.6. The first kappa shape index (κ1) is 24.4. The summed E-state index contributed by atoms with van der Waals surface area (Å²) in [4.78, 5) is 38.6. The number of amides is 1. The van der Waals surface area contributed by atoms with E-state index in [-0.39, 0.29) is 11.8 Å². The third-order valence-electron chi connectivity index (χ3n) is 6.80. The number of Topliss-reactive ketones (excluding diaryl/α,β-unsaturated/α-hetero) is 1. The molecule has 1 unspecified atom stereocenters. The predicted molar refractivity (Wildman–Crippen MR) is 135 cm³/mol. The van der Waals surface area contributed by atoms with Gasteiger partial charge in [0.25, 0.3) is 5.78 Å². The summed E-state index contributed by atoms with van der Waals surface area (Å²) in [5.41, 5.74) is 4.47. The van der Waals surface area contributed by atoms with E-state index in [2.05, 4.69) is 0 Å². The number of ketones is 1. The van der Waals surface area contributed by atoms with Gasteiger partial charge in [0.2, 0.25) is 5.91 Å². The lowest BCUT2D eigenvalue weighted by Gasteiger charge is -2.27. The Kier molecular flexibility index (Phi) is 8.09. The first-order valence-electron chi connectivity index (χ1n) is 12.3. The predicted octanol–water partition coefficient (Wildman–Crippen LogP) is 5.77. The van der Waals surface area contributed by atoms with Gasteiger partial charge in [0.15, 0.2) is 0 Å². The Labute approximate surface area is 206 Å². The van der Waals surface area contributed by atoms with Crippen LogP contribution >= 0.6 is 0 Å². The minimum atomic E-state index is -1.41. The number of carbonyl (C=O) groups is 3. The van der Waals surface area contributed by atoms with Crippen molar-refractivity contribution in [2.24, 2.45) is 0 Å². The van der Waals surface area contributed by atoms with Crippen molar-refractivity contribution in [3.8, 4) is 0 Å². The van der Waals surface area contributed by atoms with Gasteiger partial charge in [-0.3, -0.25) is 9.59 Å². The van der Waals surface area contributed by atoms with Gasteiger partial charge in [-0.25, -0.2) is 4.79 Å². The van der Waals surface area contributed by atoms with E-state index in [0.29, 0.717) is 25.1 Å². The van der Waals surface area contributed by atoms with Crippen LogP contribution in [0.15, 0.2) is 78.9 Å². The molecule has 3 aromatic carbocycles. The van der Waals surface area contributed by atoms with Gasteiger partial charge in [0.05, 0.1) is 0 Å². The maximum Gasteiger partial charge on any atom is 0.377 e. The van der Waals surface area contributed by atoms with Crippen LogP contribution in [0.2, 0.25) is 0 Å². The minimum Gasteiger partial charge on any atom is -0.475 e. The van der Waals surface area contributed by atoms with Crippen molar-refractivity contribution >= 4 is 17.7 Å². The third-order valence-corrected chi connectivity index (χ3v) is 6.80. The number of rotatable bonds is 10. The van der Waals surface area contributed by atoms with Gasteiger partial charge in [-0.05, 0) is 60.3 Å². The molecule has 0 saturated carbocycles. The van der Waals surface area contributed by atoms with Crippen LogP contribution in [0, 0.1) is 0 Å². The molecule has 0 fully saturated rings. The number of hydrogen-bond donors (Lipinski definition) is 1. The van der Waals surface area contributed by atoms with Crippen molar-refractivity contribution in [3.63, 3.8) is 0 Å². The molecule has 0 spiro atoms. The molecule has 0 radical (unpaired) electrons. The molecular weight excluding hydrogens is 438 g/mol. The summed E-state index contributed by atoms with van der Waals surface area (Å²) in [6, 6.07) is 25.5. The number of hydrogen-bond acceptors (Lipinski definition) is 3. The van der Waals surface area contributed by atoms with Crippen LogP contribution in [0.25, 0.3) is 0 Å². The molecule has 3 aromatic rings. The molecule has 1 atom stereocenters. The summed E-state index contributed by atoms with van der Waals surface area (Å²) in [5.74, 6) is -1.88. The van der Waals surface area contributed by atoms with Gasteiger partial charge >= 0.3 is 5.97 Å². The van der Waals surface area contributed by atoms with Crippen LogP contribution in [0.5, 0.6) is 0 Å². The normalized spacial score (nSPS) is 14.7. The maximum absolute atomic E-state index is 13.3. The van der Waals surface area contributed by atoms with Gasteiger partial charge < -0.3 is 10.0 Å².